The number of likely N-dealkylation sites (tertiary alicyclic amines) is 1. The van der Waals surface area contributed by atoms with Crippen molar-refractivity contribution in [2.75, 3.05) is 31.5 Å². The highest BCUT2D eigenvalue weighted by atomic mass is 16.6. The molecule has 0 amide bonds. The Balaban J connectivity index is 2.02. The van der Waals surface area contributed by atoms with Crippen molar-refractivity contribution < 1.29 is 14.8 Å². The first-order valence-corrected chi connectivity index (χ1v) is 6.42. The van der Waals surface area contributed by atoms with Crippen molar-refractivity contribution in [3.05, 3.63) is 27.9 Å². The molecule has 1 saturated heterocycles. The lowest BCUT2D eigenvalue weighted by molar-refractivity contribution is -0.385. The van der Waals surface area contributed by atoms with Gasteiger partial charge in [0.05, 0.1) is 4.92 Å². The number of aromatic nitrogens is 1. The average Bonchev–Trinajstić information content (AvgIpc) is 2.91. The molecule has 0 saturated carbocycles. The van der Waals surface area contributed by atoms with Gasteiger partial charge in [-0.25, -0.2) is 9.78 Å². The van der Waals surface area contributed by atoms with Gasteiger partial charge in [0.25, 0.3) is 5.69 Å². The molecule has 1 aliphatic heterocycles. The van der Waals surface area contributed by atoms with E-state index in [4.69, 9.17) is 5.11 Å². The number of hydrogen-bond donors (Lipinski definition) is 2. The number of aromatic carboxylic acids is 1. The Morgan fingerprint density at radius 1 is 1.50 bits per heavy atom. The minimum Gasteiger partial charge on any atom is -0.478 e. The molecule has 8 heteroatoms. The number of hydrogen-bond acceptors (Lipinski definition) is 6. The van der Waals surface area contributed by atoms with Gasteiger partial charge < -0.3 is 15.3 Å². The molecule has 8 nitrogen and oxygen atoms in total. The van der Waals surface area contributed by atoms with Crippen molar-refractivity contribution >= 4 is 17.5 Å². The number of carboxylic acid groups (broad SMARTS) is 1. The maximum Gasteiger partial charge on any atom is 0.339 e. The summed E-state index contributed by atoms with van der Waals surface area (Å²) in [5, 5.41) is 22.6. The van der Waals surface area contributed by atoms with E-state index < -0.39 is 10.9 Å². The summed E-state index contributed by atoms with van der Waals surface area (Å²) < 4.78 is 0. The molecule has 0 spiro atoms. The molecular weight excluding hydrogens is 264 g/mol. The van der Waals surface area contributed by atoms with E-state index in [1.54, 1.807) is 0 Å². The van der Waals surface area contributed by atoms with Gasteiger partial charge in [-0.3, -0.25) is 10.1 Å². The minimum atomic E-state index is -1.23. The lowest BCUT2D eigenvalue weighted by atomic mass is 10.2. The highest BCUT2D eigenvalue weighted by Crippen LogP contribution is 2.19. The van der Waals surface area contributed by atoms with Gasteiger partial charge in [0, 0.05) is 19.2 Å². The van der Waals surface area contributed by atoms with E-state index in [2.05, 4.69) is 15.2 Å². The zero-order valence-corrected chi connectivity index (χ0v) is 10.9. The normalized spacial score (nSPS) is 15.2. The molecule has 0 aliphatic carbocycles. The summed E-state index contributed by atoms with van der Waals surface area (Å²) in [5.74, 6) is -1.06. The molecule has 1 aromatic rings. The van der Waals surface area contributed by atoms with Gasteiger partial charge in [-0.2, -0.15) is 0 Å². The first-order chi connectivity index (χ1) is 9.58. The van der Waals surface area contributed by atoms with Crippen LogP contribution in [0.3, 0.4) is 0 Å². The molecule has 2 heterocycles. The van der Waals surface area contributed by atoms with Crippen LogP contribution in [0.25, 0.3) is 0 Å². The Bertz CT molecular complexity index is 514. The smallest absolute Gasteiger partial charge is 0.339 e. The van der Waals surface area contributed by atoms with Crippen LogP contribution in [0.2, 0.25) is 0 Å². The van der Waals surface area contributed by atoms with Gasteiger partial charge in [0.1, 0.15) is 17.6 Å². The molecule has 1 aromatic heterocycles. The monoisotopic (exact) mass is 280 g/mol. The lowest BCUT2D eigenvalue weighted by Gasteiger charge is -2.15. The van der Waals surface area contributed by atoms with Gasteiger partial charge in [-0.05, 0) is 25.9 Å². The predicted octanol–water partition coefficient (Wildman–Crippen LogP) is 1.20. The number of pyridine rings is 1. The molecule has 0 aromatic carbocycles. The lowest BCUT2D eigenvalue weighted by Crippen LogP contribution is -2.26. The van der Waals surface area contributed by atoms with E-state index in [-0.39, 0.29) is 17.1 Å². The van der Waals surface area contributed by atoms with E-state index in [9.17, 15) is 14.9 Å². The third-order valence-corrected chi connectivity index (χ3v) is 3.23. The summed E-state index contributed by atoms with van der Waals surface area (Å²) >= 11 is 0. The van der Waals surface area contributed by atoms with E-state index in [1.807, 2.05) is 0 Å². The minimum absolute atomic E-state index is 0.169. The first kappa shape index (κ1) is 14.2. The largest absolute Gasteiger partial charge is 0.478 e. The van der Waals surface area contributed by atoms with Crippen LogP contribution >= 0.6 is 0 Å². The second-order valence-electron chi connectivity index (χ2n) is 4.63. The van der Waals surface area contributed by atoms with E-state index in [0.29, 0.717) is 6.54 Å². The van der Waals surface area contributed by atoms with Crippen LogP contribution in [-0.4, -0.2) is 52.1 Å². The summed E-state index contributed by atoms with van der Waals surface area (Å²) in [6, 6.07) is 1.02. The van der Waals surface area contributed by atoms with Crippen LogP contribution in [0.1, 0.15) is 23.2 Å². The quantitative estimate of drug-likeness (QED) is 0.595. The van der Waals surface area contributed by atoms with Gasteiger partial charge in [-0.1, -0.05) is 0 Å². The standard InChI is InChI=1S/C12H16N4O4/c17-12(18)10-7-9(16(19)20)8-14-11(10)13-3-6-15-4-1-2-5-15/h7-8H,1-6H2,(H,13,14)(H,17,18). The summed E-state index contributed by atoms with van der Waals surface area (Å²) in [6.45, 7) is 3.48. The molecule has 0 atom stereocenters. The fourth-order valence-electron chi connectivity index (χ4n) is 2.20. The van der Waals surface area contributed by atoms with Crippen LogP contribution in [0.15, 0.2) is 12.3 Å². The number of carbonyl (C=O) groups is 1. The van der Waals surface area contributed by atoms with Crippen molar-refractivity contribution in [2.45, 2.75) is 12.8 Å². The average molecular weight is 280 g/mol. The topological polar surface area (TPSA) is 109 Å². The molecule has 108 valence electrons. The number of nitrogens with zero attached hydrogens (tertiary/aromatic N) is 3. The van der Waals surface area contributed by atoms with Crippen LogP contribution in [0.4, 0.5) is 11.5 Å². The molecule has 0 radical (unpaired) electrons. The summed E-state index contributed by atoms with van der Waals surface area (Å²) in [6.07, 6.45) is 3.44. The van der Waals surface area contributed by atoms with Crippen LogP contribution in [0.5, 0.6) is 0 Å². The van der Waals surface area contributed by atoms with Crippen molar-refractivity contribution in [1.29, 1.82) is 0 Å². The SMILES string of the molecule is O=C(O)c1cc([N+](=O)[O-])cnc1NCCN1CCCC1. The molecule has 0 bridgehead atoms. The molecule has 1 aliphatic rings. The second kappa shape index (κ2) is 6.29. The molecule has 0 unspecified atom stereocenters. The number of anilines is 1. The molecule has 2 N–H and O–H groups in total. The van der Waals surface area contributed by atoms with Crippen molar-refractivity contribution in [3.63, 3.8) is 0 Å². The van der Waals surface area contributed by atoms with Crippen molar-refractivity contribution in [1.82, 2.24) is 9.88 Å². The predicted molar refractivity (Wildman–Crippen MR) is 72.0 cm³/mol. The molecule has 2 rings (SSSR count). The highest BCUT2D eigenvalue weighted by molar-refractivity contribution is 5.93. The van der Waals surface area contributed by atoms with Crippen LogP contribution in [0, 0.1) is 10.1 Å². The Kier molecular flexibility index (Phi) is 4.46. The maximum atomic E-state index is 11.1. The first-order valence-electron chi connectivity index (χ1n) is 6.42. The number of nitro groups is 1. The molecule has 20 heavy (non-hydrogen) atoms. The third-order valence-electron chi connectivity index (χ3n) is 3.23. The van der Waals surface area contributed by atoms with E-state index >= 15 is 0 Å². The van der Waals surface area contributed by atoms with Gasteiger partial charge >= 0.3 is 5.97 Å². The maximum absolute atomic E-state index is 11.1. The van der Waals surface area contributed by atoms with Gasteiger partial charge in [0.2, 0.25) is 0 Å². The van der Waals surface area contributed by atoms with Crippen molar-refractivity contribution in [2.24, 2.45) is 0 Å². The third kappa shape index (κ3) is 3.41. The fraction of sp³-hybridized carbons (Fsp3) is 0.500. The summed E-state index contributed by atoms with van der Waals surface area (Å²) in [4.78, 5) is 27.2. The Labute approximate surface area is 115 Å². The van der Waals surface area contributed by atoms with Gasteiger partial charge in [0.15, 0.2) is 0 Å². The molecular formula is C12H16N4O4. The number of nitrogens with one attached hydrogen (secondary N) is 1. The Hall–Kier alpha value is -2.22. The molecule has 1 fully saturated rings. The number of rotatable bonds is 6. The van der Waals surface area contributed by atoms with Crippen molar-refractivity contribution in [3.8, 4) is 0 Å². The number of carboxylic acids is 1. The van der Waals surface area contributed by atoms with Gasteiger partial charge in [-0.15, -0.1) is 0 Å². The summed E-state index contributed by atoms with van der Waals surface area (Å²) in [7, 11) is 0. The Morgan fingerprint density at radius 2 is 2.20 bits per heavy atom. The zero-order chi connectivity index (χ0) is 14.5. The highest BCUT2D eigenvalue weighted by Gasteiger charge is 2.17. The Morgan fingerprint density at radius 3 is 2.80 bits per heavy atom. The zero-order valence-electron chi connectivity index (χ0n) is 10.9. The van der Waals surface area contributed by atoms with Crippen LogP contribution < -0.4 is 5.32 Å². The van der Waals surface area contributed by atoms with Crippen LogP contribution in [-0.2, 0) is 0 Å². The summed E-state index contributed by atoms with van der Waals surface area (Å²) in [5.41, 5.74) is -0.506. The fourth-order valence-corrected chi connectivity index (χ4v) is 2.20. The second-order valence-corrected chi connectivity index (χ2v) is 4.63. The van der Waals surface area contributed by atoms with E-state index in [0.717, 1.165) is 31.9 Å². The van der Waals surface area contributed by atoms with E-state index in [1.165, 1.54) is 12.8 Å².